The Morgan fingerprint density at radius 2 is 1.83 bits per heavy atom. The molecule has 24 heavy (non-hydrogen) atoms. The number of anilines is 1. The topological polar surface area (TPSA) is 50.7 Å². The van der Waals surface area contributed by atoms with Crippen LogP contribution in [0.2, 0.25) is 0 Å². The number of nitrogens with one attached hydrogen (secondary N) is 1. The minimum absolute atomic E-state index is 0.127. The molecule has 118 valence electrons. The summed E-state index contributed by atoms with van der Waals surface area (Å²) in [6.07, 6.45) is 3.62. The average molecular weight is 332 g/mol. The molecule has 0 radical (unpaired) electrons. The molecule has 4 rings (SSSR count). The number of fused-ring (bicyclic) bond motifs is 1. The highest BCUT2D eigenvalue weighted by Crippen LogP contribution is 2.28. The van der Waals surface area contributed by atoms with Gasteiger partial charge in [-0.05, 0) is 48.2 Å². The van der Waals surface area contributed by atoms with E-state index in [4.69, 9.17) is 9.97 Å². The summed E-state index contributed by atoms with van der Waals surface area (Å²) in [6.45, 7) is 2.12. The Hall–Kier alpha value is -2.79. The maximum Gasteiger partial charge on any atom is 0.162 e. The molecule has 0 amide bonds. The van der Waals surface area contributed by atoms with Crippen molar-refractivity contribution in [3.05, 3.63) is 71.2 Å². The third-order valence-electron chi connectivity index (χ3n) is 3.94. The molecule has 1 aromatic carbocycles. The van der Waals surface area contributed by atoms with E-state index in [1.807, 2.05) is 60.2 Å². The van der Waals surface area contributed by atoms with Gasteiger partial charge in [-0.2, -0.15) is 11.3 Å². The molecule has 0 fully saturated rings. The average Bonchev–Trinajstić information content (AvgIpc) is 3.17. The third kappa shape index (κ3) is 2.86. The highest BCUT2D eigenvalue weighted by atomic mass is 32.1. The van der Waals surface area contributed by atoms with Gasteiger partial charge in [-0.1, -0.05) is 12.1 Å². The van der Waals surface area contributed by atoms with Crippen molar-refractivity contribution in [1.82, 2.24) is 15.0 Å². The molecule has 0 aliphatic carbocycles. The van der Waals surface area contributed by atoms with E-state index in [-0.39, 0.29) is 6.04 Å². The first-order valence-corrected chi connectivity index (χ1v) is 8.71. The molecule has 0 spiro atoms. The Morgan fingerprint density at radius 1 is 1.00 bits per heavy atom. The van der Waals surface area contributed by atoms with Gasteiger partial charge in [-0.15, -0.1) is 0 Å². The van der Waals surface area contributed by atoms with Crippen LogP contribution in [0.4, 0.5) is 5.82 Å². The van der Waals surface area contributed by atoms with Crippen LogP contribution < -0.4 is 5.32 Å². The van der Waals surface area contributed by atoms with E-state index in [0.717, 1.165) is 28.1 Å². The van der Waals surface area contributed by atoms with Crippen molar-refractivity contribution < 1.29 is 0 Å². The second-order valence-corrected chi connectivity index (χ2v) is 6.35. The lowest BCUT2D eigenvalue weighted by molar-refractivity contribution is 0.873. The van der Waals surface area contributed by atoms with Crippen LogP contribution in [0.1, 0.15) is 18.5 Å². The summed E-state index contributed by atoms with van der Waals surface area (Å²) in [5.41, 5.74) is 3.16. The lowest BCUT2D eigenvalue weighted by Gasteiger charge is -2.17. The number of aromatic nitrogens is 3. The number of hydrogen-bond donors (Lipinski definition) is 1. The molecule has 0 saturated carbocycles. The Morgan fingerprint density at radius 3 is 2.62 bits per heavy atom. The first kappa shape index (κ1) is 14.8. The fourth-order valence-corrected chi connectivity index (χ4v) is 3.28. The largest absolute Gasteiger partial charge is 0.363 e. The van der Waals surface area contributed by atoms with Crippen molar-refractivity contribution in [2.45, 2.75) is 13.0 Å². The molecular weight excluding hydrogens is 316 g/mol. The lowest BCUT2D eigenvalue weighted by atomic mass is 10.1. The van der Waals surface area contributed by atoms with Crippen molar-refractivity contribution in [3.63, 3.8) is 0 Å². The van der Waals surface area contributed by atoms with E-state index < -0.39 is 0 Å². The van der Waals surface area contributed by atoms with Crippen molar-refractivity contribution in [3.8, 4) is 11.4 Å². The Labute approximate surface area is 144 Å². The molecule has 5 heteroatoms. The molecule has 1 atom stereocenters. The second kappa shape index (κ2) is 6.37. The van der Waals surface area contributed by atoms with E-state index in [0.29, 0.717) is 0 Å². The van der Waals surface area contributed by atoms with Crippen LogP contribution in [0.5, 0.6) is 0 Å². The van der Waals surface area contributed by atoms with Crippen molar-refractivity contribution in [2.24, 2.45) is 0 Å². The monoisotopic (exact) mass is 332 g/mol. The highest BCUT2D eigenvalue weighted by molar-refractivity contribution is 7.08. The highest BCUT2D eigenvalue weighted by Gasteiger charge is 2.12. The van der Waals surface area contributed by atoms with Gasteiger partial charge in [0.2, 0.25) is 0 Å². The number of hydrogen-bond acceptors (Lipinski definition) is 5. The Balaban J connectivity index is 1.78. The molecule has 1 unspecified atom stereocenters. The van der Waals surface area contributed by atoms with Crippen molar-refractivity contribution >= 4 is 28.1 Å². The number of benzene rings is 1. The van der Waals surface area contributed by atoms with Gasteiger partial charge in [0.1, 0.15) is 5.82 Å². The van der Waals surface area contributed by atoms with Crippen LogP contribution in [0.15, 0.2) is 65.6 Å². The first-order valence-electron chi connectivity index (χ1n) is 7.77. The molecular formula is C19H16N4S. The molecule has 1 N–H and O–H groups in total. The summed E-state index contributed by atoms with van der Waals surface area (Å²) in [7, 11) is 0. The van der Waals surface area contributed by atoms with E-state index in [2.05, 4.69) is 22.6 Å². The van der Waals surface area contributed by atoms with Gasteiger partial charge in [-0.25, -0.2) is 9.97 Å². The number of pyridine rings is 1. The Bertz CT molecular complexity index is 952. The van der Waals surface area contributed by atoms with E-state index in [1.165, 1.54) is 5.56 Å². The lowest BCUT2D eigenvalue weighted by Crippen LogP contribution is -2.09. The van der Waals surface area contributed by atoms with E-state index >= 15 is 0 Å². The number of rotatable bonds is 4. The predicted octanol–water partition coefficient (Wildman–Crippen LogP) is 4.93. The molecule has 4 aromatic rings. The molecule has 3 aromatic heterocycles. The molecule has 3 heterocycles. The number of para-hydroxylation sites is 1. The standard InChI is InChI=1S/C19H16N4S/c1-13(14-6-9-20-10-7-14)21-19-16-4-2-3-5-17(16)22-18(23-19)15-8-11-24-12-15/h2-13H,1H3,(H,21,22,23). The van der Waals surface area contributed by atoms with Crippen LogP contribution in [0.25, 0.3) is 22.3 Å². The zero-order valence-corrected chi connectivity index (χ0v) is 14.0. The van der Waals surface area contributed by atoms with E-state index in [1.54, 1.807) is 11.3 Å². The van der Waals surface area contributed by atoms with Gasteiger partial charge in [0.15, 0.2) is 5.82 Å². The van der Waals surface area contributed by atoms with Gasteiger partial charge >= 0.3 is 0 Å². The van der Waals surface area contributed by atoms with Gasteiger partial charge in [-0.3, -0.25) is 4.98 Å². The Kier molecular flexibility index (Phi) is 3.92. The molecule has 0 bridgehead atoms. The fourth-order valence-electron chi connectivity index (χ4n) is 2.65. The minimum atomic E-state index is 0.127. The maximum absolute atomic E-state index is 4.78. The summed E-state index contributed by atoms with van der Waals surface area (Å²) >= 11 is 1.65. The zero-order chi connectivity index (χ0) is 16.4. The molecule has 0 aliphatic rings. The number of nitrogens with zero attached hydrogens (tertiary/aromatic N) is 3. The summed E-state index contributed by atoms with van der Waals surface area (Å²) in [5.74, 6) is 1.60. The summed E-state index contributed by atoms with van der Waals surface area (Å²) in [5, 5.41) is 8.67. The predicted molar refractivity (Wildman–Crippen MR) is 99.1 cm³/mol. The van der Waals surface area contributed by atoms with Crippen LogP contribution >= 0.6 is 11.3 Å². The van der Waals surface area contributed by atoms with Gasteiger partial charge in [0, 0.05) is 28.7 Å². The zero-order valence-electron chi connectivity index (χ0n) is 13.2. The molecule has 0 aliphatic heterocycles. The van der Waals surface area contributed by atoms with Gasteiger partial charge in [0.05, 0.1) is 11.6 Å². The van der Waals surface area contributed by atoms with Crippen LogP contribution in [0, 0.1) is 0 Å². The van der Waals surface area contributed by atoms with Crippen LogP contribution in [-0.2, 0) is 0 Å². The maximum atomic E-state index is 4.78. The minimum Gasteiger partial charge on any atom is -0.363 e. The second-order valence-electron chi connectivity index (χ2n) is 5.57. The van der Waals surface area contributed by atoms with E-state index in [9.17, 15) is 0 Å². The van der Waals surface area contributed by atoms with Crippen molar-refractivity contribution in [1.29, 1.82) is 0 Å². The van der Waals surface area contributed by atoms with Crippen LogP contribution in [-0.4, -0.2) is 15.0 Å². The first-order chi connectivity index (χ1) is 11.8. The number of thiophene rings is 1. The summed E-state index contributed by atoms with van der Waals surface area (Å²) < 4.78 is 0. The smallest absolute Gasteiger partial charge is 0.162 e. The quantitative estimate of drug-likeness (QED) is 0.576. The summed E-state index contributed by atoms with van der Waals surface area (Å²) in [6, 6.07) is 14.3. The summed E-state index contributed by atoms with van der Waals surface area (Å²) in [4.78, 5) is 13.6. The third-order valence-corrected chi connectivity index (χ3v) is 4.63. The van der Waals surface area contributed by atoms with Gasteiger partial charge < -0.3 is 5.32 Å². The fraction of sp³-hybridized carbons (Fsp3) is 0.105. The molecule has 0 saturated heterocycles. The van der Waals surface area contributed by atoms with Crippen molar-refractivity contribution in [2.75, 3.05) is 5.32 Å². The SMILES string of the molecule is CC(Nc1nc(-c2ccsc2)nc2ccccc12)c1ccncc1. The molecule has 4 nitrogen and oxygen atoms in total. The normalized spacial score (nSPS) is 12.2. The van der Waals surface area contributed by atoms with Gasteiger partial charge in [0.25, 0.3) is 0 Å². The van der Waals surface area contributed by atoms with Crippen LogP contribution in [0.3, 0.4) is 0 Å².